The molecule has 1 aromatic rings. The van der Waals surface area contributed by atoms with Gasteiger partial charge in [0.25, 0.3) is 0 Å². The van der Waals surface area contributed by atoms with Gasteiger partial charge in [-0.15, -0.1) is 0 Å². The Morgan fingerprint density at radius 3 is 2.75 bits per heavy atom. The van der Waals surface area contributed by atoms with Crippen molar-refractivity contribution in [3.05, 3.63) is 22.7 Å². The maximum Gasteiger partial charge on any atom is 0.241 e. The summed E-state index contributed by atoms with van der Waals surface area (Å²) in [5.41, 5.74) is 6.04. The normalized spacial score (nSPS) is 16.6. The fraction of sp³-hybridized carbons (Fsp3) is 0.538. The predicted octanol–water partition coefficient (Wildman–Crippen LogP) is 2.27. The summed E-state index contributed by atoms with van der Waals surface area (Å²) in [7, 11) is -3.57. The molecule has 0 aromatic heterocycles. The van der Waals surface area contributed by atoms with E-state index in [2.05, 4.69) is 20.7 Å². The fourth-order valence-corrected chi connectivity index (χ4v) is 4.27. The van der Waals surface area contributed by atoms with Gasteiger partial charge in [-0.3, -0.25) is 0 Å². The van der Waals surface area contributed by atoms with E-state index in [0.29, 0.717) is 22.9 Å². The molecule has 7 heteroatoms. The minimum Gasteiger partial charge on any atom is -0.399 e. The highest BCUT2D eigenvalue weighted by molar-refractivity contribution is 9.10. The van der Waals surface area contributed by atoms with Gasteiger partial charge in [0.15, 0.2) is 0 Å². The number of nitrogens with two attached hydrogens (primary N) is 1. The Hall–Kier alpha value is -0.630. The van der Waals surface area contributed by atoms with Crippen LogP contribution < -0.4 is 10.5 Å². The van der Waals surface area contributed by atoms with Crippen LogP contribution in [0, 0.1) is 0 Å². The van der Waals surface area contributed by atoms with Gasteiger partial charge >= 0.3 is 0 Å². The summed E-state index contributed by atoms with van der Waals surface area (Å²) in [6.07, 6.45) is 4.85. The first-order valence-electron chi connectivity index (χ1n) is 6.65. The lowest BCUT2D eigenvalue weighted by Crippen LogP contribution is -2.29. The first kappa shape index (κ1) is 15.8. The van der Waals surface area contributed by atoms with Crippen molar-refractivity contribution < 1.29 is 13.2 Å². The Balaban J connectivity index is 1.88. The molecule has 0 saturated heterocycles. The Morgan fingerprint density at radius 1 is 1.35 bits per heavy atom. The fourth-order valence-electron chi connectivity index (χ4n) is 2.26. The third kappa shape index (κ3) is 4.18. The Bertz CT molecular complexity index is 557. The summed E-state index contributed by atoms with van der Waals surface area (Å²) in [4.78, 5) is 0.151. The minimum atomic E-state index is -3.57. The molecule has 0 amide bonds. The molecular weight excluding hydrogens is 344 g/mol. The van der Waals surface area contributed by atoms with Crippen molar-refractivity contribution in [1.29, 1.82) is 0 Å². The lowest BCUT2D eigenvalue weighted by Gasteiger charge is -2.12. The second-order valence-electron chi connectivity index (χ2n) is 4.86. The molecule has 1 fully saturated rings. The van der Waals surface area contributed by atoms with E-state index in [0.717, 1.165) is 12.8 Å². The van der Waals surface area contributed by atoms with Crippen LogP contribution in [0.15, 0.2) is 27.6 Å². The molecule has 112 valence electrons. The molecule has 0 heterocycles. The van der Waals surface area contributed by atoms with Gasteiger partial charge in [-0.2, -0.15) is 0 Å². The van der Waals surface area contributed by atoms with Gasteiger partial charge in [0.05, 0.1) is 17.6 Å². The Kier molecular flexibility index (Phi) is 5.42. The first-order valence-corrected chi connectivity index (χ1v) is 8.93. The molecule has 2 rings (SSSR count). The number of ether oxygens (including phenoxy) is 1. The van der Waals surface area contributed by atoms with Crippen molar-refractivity contribution in [2.75, 3.05) is 18.9 Å². The highest BCUT2D eigenvalue weighted by Crippen LogP contribution is 2.24. The van der Waals surface area contributed by atoms with Gasteiger partial charge in [0, 0.05) is 16.7 Å². The standard InChI is InChI=1S/C13H19BrN2O3S/c14-12-6-5-10(15)9-13(12)20(17,18)16-7-8-19-11-3-1-2-4-11/h5-6,9,11,16H,1-4,7-8,15H2. The molecule has 0 radical (unpaired) electrons. The van der Waals surface area contributed by atoms with Gasteiger partial charge in [-0.1, -0.05) is 12.8 Å². The van der Waals surface area contributed by atoms with Crippen LogP contribution >= 0.6 is 15.9 Å². The molecule has 1 aliphatic carbocycles. The Labute approximate surface area is 128 Å². The van der Waals surface area contributed by atoms with Crippen LogP contribution in [0.25, 0.3) is 0 Å². The number of halogens is 1. The zero-order valence-electron chi connectivity index (χ0n) is 11.1. The molecule has 5 nitrogen and oxygen atoms in total. The van der Waals surface area contributed by atoms with Gasteiger partial charge in [0.1, 0.15) is 0 Å². The lowest BCUT2D eigenvalue weighted by atomic mass is 10.3. The predicted molar refractivity (Wildman–Crippen MR) is 82.0 cm³/mol. The van der Waals surface area contributed by atoms with Crippen LogP contribution in [0.3, 0.4) is 0 Å². The van der Waals surface area contributed by atoms with Crippen molar-refractivity contribution in [2.24, 2.45) is 0 Å². The largest absolute Gasteiger partial charge is 0.399 e. The molecule has 0 atom stereocenters. The molecule has 1 aromatic carbocycles. The number of nitrogens with one attached hydrogen (secondary N) is 1. The van der Waals surface area contributed by atoms with E-state index >= 15 is 0 Å². The zero-order valence-corrected chi connectivity index (χ0v) is 13.5. The third-order valence-electron chi connectivity index (χ3n) is 3.29. The van der Waals surface area contributed by atoms with Crippen molar-refractivity contribution in [1.82, 2.24) is 4.72 Å². The number of hydrogen-bond acceptors (Lipinski definition) is 4. The van der Waals surface area contributed by atoms with Crippen LogP contribution in [0.4, 0.5) is 5.69 Å². The maximum atomic E-state index is 12.1. The van der Waals surface area contributed by atoms with E-state index in [-0.39, 0.29) is 11.4 Å². The van der Waals surface area contributed by atoms with E-state index in [1.54, 1.807) is 12.1 Å². The summed E-state index contributed by atoms with van der Waals surface area (Å²) < 4.78 is 32.9. The van der Waals surface area contributed by atoms with Gasteiger partial charge in [0.2, 0.25) is 10.0 Å². The molecule has 1 aliphatic rings. The molecular formula is C13H19BrN2O3S. The average Bonchev–Trinajstić information content (AvgIpc) is 2.90. The number of sulfonamides is 1. The number of nitrogen functional groups attached to an aromatic ring is 1. The molecule has 0 bridgehead atoms. The van der Waals surface area contributed by atoms with E-state index in [1.807, 2.05) is 0 Å². The van der Waals surface area contributed by atoms with Crippen molar-refractivity contribution in [3.8, 4) is 0 Å². The van der Waals surface area contributed by atoms with Crippen molar-refractivity contribution >= 4 is 31.6 Å². The van der Waals surface area contributed by atoms with Crippen LogP contribution in [-0.4, -0.2) is 27.7 Å². The molecule has 0 aliphatic heterocycles. The summed E-state index contributed by atoms with van der Waals surface area (Å²) in [5.74, 6) is 0. The van der Waals surface area contributed by atoms with Gasteiger partial charge in [-0.05, 0) is 47.0 Å². The third-order valence-corrected chi connectivity index (χ3v) is 5.75. The lowest BCUT2D eigenvalue weighted by molar-refractivity contribution is 0.0626. The van der Waals surface area contributed by atoms with E-state index in [1.165, 1.54) is 18.9 Å². The summed E-state index contributed by atoms with van der Waals surface area (Å²) >= 11 is 3.22. The highest BCUT2D eigenvalue weighted by Gasteiger charge is 2.18. The number of benzene rings is 1. The van der Waals surface area contributed by atoms with Gasteiger partial charge in [-0.25, -0.2) is 13.1 Å². The first-order chi connectivity index (χ1) is 9.49. The quantitative estimate of drug-likeness (QED) is 0.600. The van der Waals surface area contributed by atoms with Gasteiger partial charge < -0.3 is 10.5 Å². The minimum absolute atomic E-state index is 0.151. The number of hydrogen-bond donors (Lipinski definition) is 2. The average molecular weight is 363 g/mol. The van der Waals surface area contributed by atoms with E-state index in [4.69, 9.17) is 10.5 Å². The zero-order chi connectivity index (χ0) is 14.6. The van der Waals surface area contributed by atoms with Crippen LogP contribution in [0.2, 0.25) is 0 Å². The van der Waals surface area contributed by atoms with Crippen LogP contribution in [0.5, 0.6) is 0 Å². The second kappa shape index (κ2) is 6.89. The highest BCUT2D eigenvalue weighted by atomic mass is 79.9. The van der Waals surface area contributed by atoms with Crippen LogP contribution in [0.1, 0.15) is 25.7 Å². The summed E-state index contributed by atoms with van der Waals surface area (Å²) in [6.45, 7) is 0.657. The summed E-state index contributed by atoms with van der Waals surface area (Å²) in [6, 6.07) is 4.70. The summed E-state index contributed by atoms with van der Waals surface area (Å²) in [5, 5.41) is 0. The molecule has 0 spiro atoms. The van der Waals surface area contributed by atoms with Crippen molar-refractivity contribution in [3.63, 3.8) is 0 Å². The molecule has 1 saturated carbocycles. The molecule has 3 N–H and O–H groups in total. The maximum absolute atomic E-state index is 12.1. The Morgan fingerprint density at radius 2 is 2.05 bits per heavy atom. The molecule has 0 unspecified atom stereocenters. The smallest absolute Gasteiger partial charge is 0.241 e. The van der Waals surface area contributed by atoms with Crippen LogP contribution in [-0.2, 0) is 14.8 Å². The monoisotopic (exact) mass is 362 g/mol. The van der Waals surface area contributed by atoms with Crippen molar-refractivity contribution in [2.45, 2.75) is 36.7 Å². The topological polar surface area (TPSA) is 81.4 Å². The van der Waals surface area contributed by atoms with E-state index in [9.17, 15) is 8.42 Å². The number of anilines is 1. The van der Waals surface area contributed by atoms with E-state index < -0.39 is 10.0 Å². The second-order valence-corrected chi connectivity index (χ2v) is 7.45. The molecule has 20 heavy (non-hydrogen) atoms. The SMILES string of the molecule is Nc1ccc(Br)c(S(=O)(=O)NCCOC2CCCC2)c1. The number of rotatable bonds is 6.